The maximum absolute atomic E-state index is 12.9. The molecule has 1 fully saturated rings. The SMILES string of the molecule is O=C(c1cccc([N+](=O)[O-])c1)N1CCCC1c1nnc2ccccn12. The van der Waals surface area contributed by atoms with Gasteiger partial charge in [0.05, 0.1) is 11.0 Å². The molecule has 8 nitrogen and oxygen atoms in total. The molecule has 3 heterocycles. The molecule has 126 valence electrons. The number of pyridine rings is 1. The maximum atomic E-state index is 12.9. The molecule has 0 radical (unpaired) electrons. The van der Waals surface area contributed by atoms with Crippen LogP contribution in [0.15, 0.2) is 48.7 Å². The van der Waals surface area contributed by atoms with Crippen molar-refractivity contribution < 1.29 is 9.72 Å². The molecule has 2 aromatic heterocycles. The lowest BCUT2D eigenvalue weighted by atomic mass is 10.1. The van der Waals surface area contributed by atoms with E-state index in [4.69, 9.17) is 0 Å². The third-order valence-electron chi connectivity index (χ3n) is 4.46. The highest BCUT2D eigenvalue weighted by Crippen LogP contribution is 2.32. The Labute approximate surface area is 142 Å². The van der Waals surface area contributed by atoms with E-state index in [9.17, 15) is 14.9 Å². The lowest BCUT2D eigenvalue weighted by molar-refractivity contribution is -0.384. The minimum absolute atomic E-state index is 0.0884. The van der Waals surface area contributed by atoms with Crippen LogP contribution in [0.25, 0.3) is 5.65 Å². The van der Waals surface area contributed by atoms with Gasteiger partial charge in [-0.3, -0.25) is 19.3 Å². The van der Waals surface area contributed by atoms with Gasteiger partial charge in [-0.25, -0.2) is 0 Å². The topological polar surface area (TPSA) is 93.6 Å². The van der Waals surface area contributed by atoms with E-state index in [1.165, 1.54) is 18.2 Å². The number of hydrogen-bond acceptors (Lipinski definition) is 5. The second kappa shape index (κ2) is 5.97. The van der Waals surface area contributed by atoms with Crippen molar-refractivity contribution in [2.75, 3.05) is 6.54 Å². The second-order valence-electron chi connectivity index (χ2n) is 5.95. The molecule has 1 aliphatic heterocycles. The van der Waals surface area contributed by atoms with Crippen LogP contribution in [0.4, 0.5) is 5.69 Å². The van der Waals surface area contributed by atoms with E-state index >= 15 is 0 Å². The van der Waals surface area contributed by atoms with Crippen molar-refractivity contribution >= 4 is 17.2 Å². The Morgan fingerprint density at radius 2 is 2.08 bits per heavy atom. The summed E-state index contributed by atoms with van der Waals surface area (Å²) in [6.45, 7) is 0.591. The largest absolute Gasteiger partial charge is 0.328 e. The number of likely N-dealkylation sites (tertiary alicyclic amines) is 1. The van der Waals surface area contributed by atoms with E-state index < -0.39 is 4.92 Å². The van der Waals surface area contributed by atoms with Gasteiger partial charge in [0.1, 0.15) is 0 Å². The number of carbonyl (C=O) groups excluding carboxylic acids is 1. The van der Waals surface area contributed by atoms with Crippen LogP contribution in [0.2, 0.25) is 0 Å². The molecule has 25 heavy (non-hydrogen) atoms. The lowest BCUT2D eigenvalue weighted by Gasteiger charge is -2.23. The van der Waals surface area contributed by atoms with Crippen LogP contribution in [-0.4, -0.2) is 36.9 Å². The number of nitro groups is 1. The number of amides is 1. The van der Waals surface area contributed by atoms with Crippen molar-refractivity contribution in [3.05, 3.63) is 70.2 Å². The van der Waals surface area contributed by atoms with Crippen molar-refractivity contribution in [3.63, 3.8) is 0 Å². The minimum Gasteiger partial charge on any atom is -0.328 e. The first kappa shape index (κ1) is 15.3. The minimum atomic E-state index is -0.496. The molecule has 0 N–H and O–H groups in total. The number of nitrogens with zero attached hydrogens (tertiary/aromatic N) is 5. The van der Waals surface area contributed by atoms with Crippen LogP contribution < -0.4 is 0 Å². The molecule has 8 heteroatoms. The molecule has 3 aromatic rings. The van der Waals surface area contributed by atoms with Crippen LogP contribution in [0.3, 0.4) is 0 Å². The molecule has 0 spiro atoms. The Kier molecular flexibility index (Phi) is 3.64. The summed E-state index contributed by atoms with van der Waals surface area (Å²) in [4.78, 5) is 25.1. The first-order valence-electron chi connectivity index (χ1n) is 8.00. The van der Waals surface area contributed by atoms with Crippen LogP contribution >= 0.6 is 0 Å². The van der Waals surface area contributed by atoms with Crippen molar-refractivity contribution in [2.45, 2.75) is 18.9 Å². The van der Waals surface area contributed by atoms with E-state index in [1.54, 1.807) is 11.0 Å². The number of non-ortho nitro benzene ring substituents is 1. The van der Waals surface area contributed by atoms with Gasteiger partial charge in [-0.2, -0.15) is 0 Å². The van der Waals surface area contributed by atoms with Gasteiger partial charge < -0.3 is 4.90 Å². The highest BCUT2D eigenvalue weighted by atomic mass is 16.6. The molecule has 1 unspecified atom stereocenters. The first-order valence-corrected chi connectivity index (χ1v) is 8.00. The molecule has 1 aliphatic rings. The molecule has 0 aliphatic carbocycles. The van der Waals surface area contributed by atoms with E-state index in [0.29, 0.717) is 17.9 Å². The second-order valence-corrected chi connectivity index (χ2v) is 5.95. The standard InChI is InChI=1S/C17H15N5O3/c23-17(12-5-3-6-13(11-12)22(24)25)20-10-4-7-14(20)16-19-18-15-8-1-2-9-21(15)16/h1-3,5-6,8-9,11,14H,4,7,10H2. The third kappa shape index (κ3) is 2.61. The van der Waals surface area contributed by atoms with Crippen molar-refractivity contribution in [1.82, 2.24) is 19.5 Å². The summed E-state index contributed by atoms with van der Waals surface area (Å²) in [6.07, 6.45) is 3.52. The zero-order chi connectivity index (χ0) is 17.4. The summed E-state index contributed by atoms with van der Waals surface area (Å²) in [6, 6.07) is 11.3. The number of carbonyl (C=O) groups is 1. The summed E-state index contributed by atoms with van der Waals surface area (Å²) < 4.78 is 1.88. The molecule has 1 atom stereocenters. The fraction of sp³-hybridized carbons (Fsp3) is 0.235. The molecule has 4 rings (SSSR count). The number of aromatic nitrogens is 3. The molecule has 0 bridgehead atoms. The molecular formula is C17H15N5O3. The molecule has 0 saturated carbocycles. The Morgan fingerprint density at radius 3 is 2.92 bits per heavy atom. The summed E-state index contributed by atoms with van der Waals surface area (Å²) in [5.41, 5.74) is 0.955. The Balaban J connectivity index is 1.68. The van der Waals surface area contributed by atoms with E-state index in [1.807, 2.05) is 28.8 Å². The monoisotopic (exact) mass is 337 g/mol. The summed E-state index contributed by atoms with van der Waals surface area (Å²) in [5.74, 6) is 0.491. The number of benzene rings is 1. The van der Waals surface area contributed by atoms with Crippen molar-refractivity contribution in [2.24, 2.45) is 0 Å². The van der Waals surface area contributed by atoms with Gasteiger partial charge >= 0.3 is 0 Å². The van der Waals surface area contributed by atoms with Gasteiger partial charge in [0.2, 0.25) is 0 Å². The number of hydrogen-bond donors (Lipinski definition) is 0. The zero-order valence-corrected chi connectivity index (χ0v) is 13.3. The molecule has 1 aromatic carbocycles. The van der Waals surface area contributed by atoms with Crippen molar-refractivity contribution in [3.8, 4) is 0 Å². The van der Waals surface area contributed by atoms with Gasteiger partial charge in [-0.15, -0.1) is 10.2 Å². The highest BCUT2D eigenvalue weighted by Gasteiger charge is 2.34. The Bertz CT molecular complexity index is 968. The quantitative estimate of drug-likeness (QED) is 0.541. The van der Waals surface area contributed by atoms with Gasteiger partial charge in [0.25, 0.3) is 11.6 Å². The molecular weight excluding hydrogens is 322 g/mol. The summed E-state index contributed by atoms with van der Waals surface area (Å²) in [7, 11) is 0. The van der Waals surface area contributed by atoms with Gasteiger partial charge in [-0.1, -0.05) is 12.1 Å². The molecule has 1 amide bonds. The fourth-order valence-electron chi connectivity index (χ4n) is 3.28. The zero-order valence-electron chi connectivity index (χ0n) is 13.3. The van der Waals surface area contributed by atoms with E-state index in [0.717, 1.165) is 18.5 Å². The van der Waals surface area contributed by atoms with Crippen LogP contribution in [0, 0.1) is 10.1 Å². The van der Waals surface area contributed by atoms with Gasteiger partial charge in [0, 0.05) is 30.4 Å². The summed E-state index contributed by atoms with van der Waals surface area (Å²) in [5, 5.41) is 19.4. The average Bonchev–Trinajstić information content (AvgIpc) is 3.27. The number of rotatable bonds is 3. The third-order valence-corrected chi connectivity index (χ3v) is 4.46. The molecule has 1 saturated heterocycles. The summed E-state index contributed by atoms with van der Waals surface area (Å²) >= 11 is 0. The van der Waals surface area contributed by atoms with Gasteiger partial charge in [0.15, 0.2) is 11.5 Å². The smallest absolute Gasteiger partial charge is 0.270 e. The Hall–Kier alpha value is -3.29. The average molecular weight is 337 g/mol. The number of fused-ring (bicyclic) bond motifs is 1. The highest BCUT2D eigenvalue weighted by molar-refractivity contribution is 5.95. The van der Waals surface area contributed by atoms with E-state index in [2.05, 4.69) is 10.2 Å². The van der Waals surface area contributed by atoms with Gasteiger partial charge in [-0.05, 0) is 31.0 Å². The normalized spacial score (nSPS) is 17.1. The van der Waals surface area contributed by atoms with Crippen LogP contribution in [0.5, 0.6) is 0 Å². The fourth-order valence-corrected chi connectivity index (χ4v) is 3.28. The van der Waals surface area contributed by atoms with Crippen LogP contribution in [-0.2, 0) is 0 Å². The lowest BCUT2D eigenvalue weighted by Crippen LogP contribution is -2.31. The van der Waals surface area contributed by atoms with Crippen LogP contribution in [0.1, 0.15) is 35.1 Å². The van der Waals surface area contributed by atoms with Crippen molar-refractivity contribution in [1.29, 1.82) is 0 Å². The van der Waals surface area contributed by atoms with E-state index in [-0.39, 0.29) is 17.6 Å². The Morgan fingerprint density at radius 1 is 1.20 bits per heavy atom. The predicted molar refractivity (Wildman–Crippen MR) is 89.1 cm³/mol. The predicted octanol–water partition coefficient (Wildman–Crippen LogP) is 2.61. The number of nitro benzene ring substituents is 1. The maximum Gasteiger partial charge on any atom is 0.270 e. The first-order chi connectivity index (χ1) is 12.1.